The summed E-state index contributed by atoms with van der Waals surface area (Å²) in [5.41, 5.74) is 3.20. The topological polar surface area (TPSA) is 84.7 Å². The summed E-state index contributed by atoms with van der Waals surface area (Å²) in [6, 6.07) is 20.4. The molecule has 0 unspecified atom stereocenters. The Morgan fingerprint density at radius 1 is 0.871 bits per heavy atom. The van der Waals surface area contributed by atoms with Gasteiger partial charge >= 0.3 is 0 Å². The zero-order chi connectivity index (χ0) is 21.3. The molecule has 0 aliphatic heterocycles. The normalized spacial score (nSPS) is 10.8. The van der Waals surface area contributed by atoms with Gasteiger partial charge in [-0.15, -0.1) is 0 Å². The number of rotatable bonds is 10. The summed E-state index contributed by atoms with van der Waals surface area (Å²) in [7, 11) is 0. The number of hydrogen-bond acceptors (Lipinski definition) is 5. The Morgan fingerprint density at radius 2 is 1.58 bits per heavy atom. The zero-order valence-electron chi connectivity index (χ0n) is 17.4. The van der Waals surface area contributed by atoms with Crippen LogP contribution in [0, 0.1) is 0 Å². The van der Waals surface area contributed by atoms with Gasteiger partial charge in [-0.2, -0.15) is 5.10 Å². The van der Waals surface area contributed by atoms with Gasteiger partial charge in [0.25, 0.3) is 0 Å². The highest BCUT2D eigenvalue weighted by Gasteiger charge is 2.10. The summed E-state index contributed by atoms with van der Waals surface area (Å²) in [6.45, 7) is 1.84. The minimum absolute atomic E-state index is 0.0400. The Hall–Kier alpha value is -3.74. The molecule has 4 aromatic rings. The summed E-state index contributed by atoms with van der Waals surface area (Å²) in [6.07, 6.45) is 5.45. The summed E-state index contributed by atoms with van der Waals surface area (Å²) in [5.74, 6) is 0.817. The van der Waals surface area contributed by atoms with Crippen LogP contribution >= 0.6 is 0 Å². The van der Waals surface area contributed by atoms with Gasteiger partial charge in [-0.3, -0.25) is 4.79 Å². The highest BCUT2D eigenvalue weighted by atomic mass is 16.1. The third-order valence-corrected chi connectivity index (χ3v) is 5.11. The summed E-state index contributed by atoms with van der Waals surface area (Å²) in [4.78, 5) is 20.9. The van der Waals surface area contributed by atoms with Gasteiger partial charge in [-0.05, 0) is 24.0 Å². The van der Waals surface area contributed by atoms with Gasteiger partial charge in [-0.1, -0.05) is 60.7 Å². The predicted molar refractivity (Wildman–Crippen MR) is 122 cm³/mol. The molecule has 0 spiro atoms. The van der Waals surface area contributed by atoms with Gasteiger partial charge in [0.05, 0.1) is 18.1 Å². The SMILES string of the molecule is O=C(CCc1ccccc1)NCCn1ncc2c(NCCc3ccccc3)ncnc21. The lowest BCUT2D eigenvalue weighted by atomic mass is 10.1. The standard InChI is InChI=1S/C24H26N6O/c31-22(12-11-19-7-3-1-4-8-19)25-15-16-30-24-21(17-29-30)23(27-18-28-24)26-14-13-20-9-5-2-6-10-20/h1-10,17-18H,11-16H2,(H,25,31)(H,26,27,28). The molecule has 0 aliphatic rings. The molecule has 2 aromatic heterocycles. The zero-order valence-corrected chi connectivity index (χ0v) is 17.4. The van der Waals surface area contributed by atoms with Crippen LogP contribution < -0.4 is 10.6 Å². The molecule has 2 aromatic carbocycles. The fourth-order valence-corrected chi connectivity index (χ4v) is 3.46. The van der Waals surface area contributed by atoms with Crippen molar-refractivity contribution in [3.05, 3.63) is 84.3 Å². The molecular weight excluding hydrogens is 388 g/mol. The van der Waals surface area contributed by atoms with E-state index < -0.39 is 0 Å². The maximum absolute atomic E-state index is 12.1. The van der Waals surface area contributed by atoms with Crippen LogP contribution in [-0.4, -0.2) is 38.7 Å². The Balaban J connectivity index is 1.27. The van der Waals surface area contributed by atoms with Crippen LogP contribution in [0.3, 0.4) is 0 Å². The van der Waals surface area contributed by atoms with Crippen molar-refractivity contribution in [1.82, 2.24) is 25.1 Å². The third kappa shape index (κ3) is 5.66. The first-order valence-electron chi connectivity index (χ1n) is 10.5. The molecule has 0 saturated carbocycles. The lowest BCUT2D eigenvalue weighted by molar-refractivity contribution is -0.121. The van der Waals surface area contributed by atoms with Gasteiger partial charge in [0.2, 0.25) is 5.91 Å². The number of anilines is 1. The Morgan fingerprint density at radius 3 is 2.32 bits per heavy atom. The first kappa shape index (κ1) is 20.5. The largest absolute Gasteiger partial charge is 0.369 e. The summed E-state index contributed by atoms with van der Waals surface area (Å²) >= 11 is 0. The maximum atomic E-state index is 12.1. The first-order chi connectivity index (χ1) is 15.3. The van der Waals surface area contributed by atoms with Crippen LogP contribution in [-0.2, 0) is 24.2 Å². The quantitative estimate of drug-likeness (QED) is 0.416. The van der Waals surface area contributed by atoms with Crippen LogP contribution in [0.15, 0.2) is 73.2 Å². The molecule has 0 bridgehead atoms. The fourth-order valence-electron chi connectivity index (χ4n) is 3.46. The molecule has 0 fully saturated rings. The molecule has 31 heavy (non-hydrogen) atoms. The molecule has 1 amide bonds. The minimum atomic E-state index is 0.0400. The average Bonchev–Trinajstić information content (AvgIpc) is 3.23. The van der Waals surface area contributed by atoms with E-state index >= 15 is 0 Å². The van der Waals surface area contributed by atoms with Gasteiger partial charge < -0.3 is 10.6 Å². The number of nitrogens with one attached hydrogen (secondary N) is 2. The Labute approximate surface area is 181 Å². The Bertz CT molecular complexity index is 1110. The maximum Gasteiger partial charge on any atom is 0.220 e. The number of nitrogens with zero attached hydrogens (tertiary/aromatic N) is 4. The number of aromatic nitrogens is 4. The highest BCUT2D eigenvalue weighted by Crippen LogP contribution is 2.18. The fraction of sp³-hybridized carbons (Fsp3) is 0.250. The van der Waals surface area contributed by atoms with Gasteiger partial charge in [-0.25, -0.2) is 14.6 Å². The average molecular weight is 415 g/mol. The number of carbonyl (C=O) groups excluding carboxylic acids is 1. The van der Waals surface area contributed by atoms with E-state index in [0.717, 1.165) is 36.2 Å². The molecule has 158 valence electrons. The van der Waals surface area contributed by atoms with Gasteiger partial charge in [0, 0.05) is 19.5 Å². The van der Waals surface area contributed by atoms with Crippen molar-refractivity contribution in [3.63, 3.8) is 0 Å². The van der Waals surface area contributed by atoms with Crippen molar-refractivity contribution in [3.8, 4) is 0 Å². The second-order valence-electron chi connectivity index (χ2n) is 7.33. The number of carbonyl (C=O) groups is 1. The van der Waals surface area contributed by atoms with Crippen molar-refractivity contribution in [2.75, 3.05) is 18.4 Å². The minimum Gasteiger partial charge on any atom is -0.369 e. The predicted octanol–water partition coefficient (Wildman–Crippen LogP) is 3.23. The van der Waals surface area contributed by atoms with Crippen LogP contribution in [0.1, 0.15) is 17.5 Å². The van der Waals surface area contributed by atoms with E-state index in [1.807, 2.05) is 48.5 Å². The molecule has 7 nitrogen and oxygen atoms in total. The van der Waals surface area contributed by atoms with E-state index in [2.05, 4.69) is 37.8 Å². The molecular formula is C24H26N6O. The van der Waals surface area contributed by atoms with E-state index in [1.54, 1.807) is 17.2 Å². The monoisotopic (exact) mass is 414 g/mol. The van der Waals surface area contributed by atoms with Crippen molar-refractivity contribution in [2.45, 2.75) is 25.8 Å². The van der Waals surface area contributed by atoms with Crippen molar-refractivity contribution in [2.24, 2.45) is 0 Å². The van der Waals surface area contributed by atoms with Crippen LogP contribution in [0.2, 0.25) is 0 Å². The van der Waals surface area contributed by atoms with Crippen molar-refractivity contribution >= 4 is 22.8 Å². The molecule has 0 radical (unpaired) electrons. The van der Waals surface area contributed by atoms with E-state index in [9.17, 15) is 4.79 Å². The molecule has 2 heterocycles. The molecule has 4 rings (SSSR count). The van der Waals surface area contributed by atoms with Gasteiger partial charge in [0.15, 0.2) is 5.65 Å². The summed E-state index contributed by atoms with van der Waals surface area (Å²) in [5, 5.41) is 11.7. The molecule has 0 atom stereocenters. The molecule has 0 saturated heterocycles. The third-order valence-electron chi connectivity index (χ3n) is 5.11. The molecule has 0 aliphatic carbocycles. The summed E-state index contributed by atoms with van der Waals surface area (Å²) < 4.78 is 1.80. The second kappa shape index (κ2) is 10.3. The number of aryl methyl sites for hydroxylation is 1. The lowest BCUT2D eigenvalue weighted by Crippen LogP contribution is -2.27. The van der Waals surface area contributed by atoms with Crippen LogP contribution in [0.4, 0.5) is 5.82 Å². The highest BCUT2D eigenvalue weighted by molar-refractivity contribution is 5.86. The van der Waals surface area contributed by atoms with Crippen molar-refractivity contribution < 1.29 is 4.79 Å². The second-order valence-corrected chi connectivity index (χ2v) is 7.33. The van der Waals surface area contributed by atoms with Crippen LogP contribution in [0.5, 0.6) is 0 Å². The van der Waals surface area contributed by atoms with E-state index in [0.29, 0.717) is 19.5 Å². The first-order valence-corrected chi connectivity index (χ1v) is 10.5. The number of hydrogen-bond donors (Lipinski definition) is 2. The van der Waals surface area contributed by atoms with Gasteiger partial charge in [0.1, 0.15) is 12.1 Å². The van der Waals surface area contributed by atoms with E-state index in [-0.39, 0.29) is 5.91 Å². The smallest absolute Gasteiger partial charge is 0.220 e. The van der Waals surface area contributed by atoms with Crippen LogP contribution in [0.25, 0.3) is 11.0 Å². The molecule has 2 N–H and O–H groups in total. The van der Waals surface area contributed by atoms with Crippen molar-refractivity contribution in [1.29, 1.82) is 0 Å². The number of fused-ring (bicyclic) bond motifs is 1. The number of benzene rings is 2. The van der Waals surface area contributed by atoms with E-state index in [1.165, 1.54) is 11.1 Å². The molecule has 7 heteroatoms. The number of amides is 1. The lowest BCUT2D eigenvalue weighted by Gasteiger charge is -2.08. The Kier molecular flexibility index (Phi) is 6.85. The van der Waals surface area contributed by atoms with E-state index in [4.69, 9.17) is 0 Å².